The third-order valence-electron chi connectivity index (χ3n) is 3.99. The van der Waals surface area contributed by atoms with Crippen molar-refractivity contribution in [1.29, 1.82) is 0 Å². The molecule has 4 heteroatoms. The molecule has 2 aromatic heterocycles. The molecule has 0 radical (unpaired) electrons. The predicted molar refractivity (Wildman–Crippen MR) is 114 cm³/mol. The predicted octanol–water partition coefficient (Wildman–Crippen LogP) is 5.57. The second-order valence-electron chi connectivity index (χ2n) is 5.82. The van der Waals surface area contributed by atoms with Crippen LogP contribution in [0.1, 0.15) is 11.0 Å². The van der Waals surface area contributed by atoms with Gasteiger partial charge >= 0.3 is 0 Å². The first kappa shape index (κ1) is 9.85. The van der Waals surface area contributed by atoms with Crippen LogP contribution in [0.2, 0.25) is 0 Å². The van der Waals surface area contributed by atoms with Crippen molar-refractivity contribution in [3.05, 3.63) is 96.9 Å². The first-order valence-electron chi connectivity index (χ1n) is 12.4. The molecule has 0 unspecified atom stereocenters. The van der Waals surface area contributed by atoms with E-state index in [2.05, 4.69) is 19.9 Å². The van der Waals surface area contributed by atoms with Gasteiger partial charge in [0.2, 0.25) is 0 Å². The summed E-state index contributed by atoms with van der Waals surface area (Å²) in [7, 11) is 0. The molecule has 0 aliphatic carbocycles. The maximum Gasteiger partial charge on any atom is 0.0894 e. The van der Waals surface area contributed by atoms with Crippen molar-refractivity contribution in [3.63, 3.8) is 0 Å². The van der Waals surface area contributed by atoms with E-state index in [0.717, 1.165) is 22.1 Å². The second-order valence-corrected chi connectivity index (χ2v) is 5.82. The summed E-state index contributed by atoms with van der Waals surface area (Å²) in [5.41, 5.74) is 3.31. The Kier molecular flexibility index (Phi) is 2.46. The molecule has 0 saturated heterocycles. The fraction of sp³-hybridized carbons (Fsp3) is 0. The molecule has 0 bridgehead atoms. The van der Waals surface area contributed by atoms with Gasteiger partial charge in [0.05, 0.1) is 55.1 Å². The average molecular weight is 368 g/mol. The summed E-state index contributed by atoms with van der Waals surface area (Å²) in [6.45, 7) is 0. The highest BCUT2D eigenvalue weighted by Crippen LogP contribution is 2.15. The third kappa shape index (κ3) is 3.12. The standard InChI is InChI=1S/2C12H8N2/c2*1-2-6-10-9(5-1)13-11-7-3-4-8-12(11)14-10/h2*1-8H/i1D,2D,3D,4D,5D,6D,7D,8D;. The Bertz CT molecular complexity index is 1580. The van der Waals surface area contributed by atoms with E-state index in [4.69, 9.17) is 11.0 Å². The first-order chi connectivity index (χ1) is 17.2. The normalized spacial score (nSPS) is 14.9. The van der Waals surface area contributed by atoms with Crippen LogP contribution < -0.4 is 0 Å². The van der Waals surface area contributed by atoms with Crippen molar-refractivity contribution in [3.8, 4) is 0 Å². The molecule has 0 saturated carbocycles. The fourth-order valence-corrected chi connectivity index (χ4v) is 2.71. The Balaban J connectivity index is 0.000000163. The Morgan fingerprint density at radius 3 is 0.929 bits per heavy atom. The van der Waals surface area contributed by atoms with E-state index >= 15 is 0 Å². The molecule has 0 atom stereocenters. The lowest BCUT2D eigenvalue weighted by Crippen LogP contribution is -1.85. The summed E-state index contributed by atoms with van der Waals surface area (Å²) >= 11 is 0. The quantitative estimate of drug-likeness (QED) is 0.329. The topological polar surface area (TPSA) is 51.6 Å². The fourth-order valence-electron chi connectivity index (χ4n) is 2.71. The number of hydrogen-bond acceptors (Lipinski definition) is 4. The van der Waals surface area contributed by atoms with Crippen LogP contribution in [-0.2, 0) is 0 Å². The largest absolute Gasteiger partial charge is 0.245 e. The molecular weight excluding hydrogens is 344 g/mol. The van der Waals surface area contributed by atoms with Crippen LogP contribution in [0.3, 0.4) is 0 Å². The lowest BCUT2D eigenvalue weighted by Gasteiger charge is -1.98. The minimum absolute atomic E-state index is 0.122. The number of fused-ring (bicyclic) bond motifs is 4. The number of rotatable bonds is 0. The van der Waals surface area contributed by atoms with Gasteiger partial charge in [-0.3, -0.25) is 0 Å². The molecule has 0 aliphatic heterocycles. The Labute approximate surface area is 172 Å². The molecule has 132 valence electrons. The molecule has 0 fully saturated rings. The third-order valence-corrected chi connectivity index (χ3v) is 3.99. The zero-order valence-corrected chi connectivity index (χ0v) is 14.4. The van der Waals surface area contributed by atoms with Crippen LogP contribution in [0.4, 0.5) is 0 Å². The molecule has 0 spiro atoms. The highest BCUT2D eigenvalue weighted by Gasteiger charge is 1.99. The molecule has 4 aromatic carbocycles. The Morgan fingerprint density at radius 1 is 0.393 bits per heavy atom. The van der Waals surface area contributed by atoms with E-state index in [0.29, 0.717) is 0 Å². The molecule has 2 heterocycles. The van der Waals surface area contributed by atoms with E-state index in [1.165, 1.54) is 0 Å². The molecule has 0 amide bonds. The maximum atomic E-state index is 7.84. The average Bonchev–Trinajstić information content (AvgIpc) is 2.91. The van der Waals surface area contributed by atoms with Gasteiger partial charge in [0.25, 0.3) is 0 Å². The van der Waals surface area contributed by atoms with Crippen LogP contribution in [0.15, 0.2) is 96.9 Å². The van der Waals surface area contributed by atoms with Crippen LogP contribution in [-0.4, -0.2) is 19.9 Å². The van der Waals surface area contributed by atoms with Crippen molar-refractivity contribution >= 4 is 44.1 Å². The second kappa shape index (κ2) is 7.00. The van der Waals surface area contributed by atoms with Crippen molar-refractivity contribution in [2.45, 2.75) is 0 Å². The summed E-state index contributed by atoms with van der Waals surface area (Å²) in [6.07, 6.45) is 0. The number of nitrogens with zero attached hydrogens (tertiary/aromatic N) is 4. The van der Waals surface area contributed by atoms with Crippen LogP contribution in [0.5, 0.6) is 0 Å². The molecular formula is C24H16N4. The highest BCUT2D eigenvalue weighted by atomic mass is 14.8. The number of hydrogen-bond donors (Lipinski definition) is 0. The molecule has 28 heavy (non-hydrogen) atoms. The summed E-state index contributed by atoms with van der Waals surface area (Å²) in [4.78, 5) is 17.1. The molecule has 4 nitrogen and oxygen atoms in total. The molecule has 0 aliphatic rings. The van der Waals surface area contributed by atoms with Crippen molar-refractivity contribution in [1.82, 2.24) is 19.9 Å². The van der Waals surface area contributed by atoms with Gasteiger partial charge in [-0.15, -0.1) is 0 Å². The lowest BCUT2D eigenvalue weighted by atomic mass is 10.2. The van der Waals surface area contributed by atoms with Crippen LogP contribution in [0, 0.1) is 0 Å². The van der Waals surface area contributed by atoms with Crippen molar-refractivity contribution in [2.24, 2.45) is 0 Å². The number of para-hydroxylation sites is 8. The minimum atomic E-state index is -0.466. The van der Waals surface area contributed by atoms with Gasteiger partial charge in [-0.05, 0) is 48.4 Å². The van der Waals surface area contributed by atoms with E-state index in [1.54, 1.807) is 0 Å². The SMILES string of the molecule is [2H]c1c([2H])c([2H])c2nc3c([2H])c([2H])c([2H])c([2H])c3nc2c1[2H].c1ccc2nc3ccccc3nc2c1. The van der Waals surface area contributed by atoms with Gasteiger partial charge in [0.1, 0.15) is 0 Å². The maximum absolute atomic E-state index is 7.84. The van der Waals surface area contributed by atoms with Crippen molar-refractivity contribution in [2.75, 3.05) is 0 Å². The van der Waals surface area contributed by atoms with Crippen molar-refractivity contribution < 1.29 is 11.0 Å². The molecule has 6 rings (SSSR count). The minimum Gasteiger partial charge on any atom is -0.245 e. The zero-order chi connectivity index (χ0) is 25.7. The zero-order valence-electron chi connectivity index (χ0n) is 22.4. The lowest BCUT2D eigenvalue weighted by molar-refractivity contribution is 1.39. The summed E-state index contributed by atoms with van der Waals surface area (Å²) in [5.74, 6) is 0. The number of aromatic nitrogens is 4. The Hall–Kier alpha value is -3.92. The van der Waals surface area contributed by atoms with Gasteiger partial charge in [-0.2, -0.15) is 0 Å². The molecule has 6 aromatic rings. The van der Waals surface area contributed by atoms with Crippen LogP contribution in [0.25, 0.3) is 44.1 Å². The summed E-state index contributed by atoms with van der Waals surface area (Å²) in [6, 6.07) is 12.4. The van der Waals surface area contributed by atoms with E-state index in [-0.39, 0.29) is 22.1 Å². The van der Waals surface area contributed by atoms with Gasteiger partial charge in [-0.1, -0.05) is 48.4 Å². The highest BCUT2D eigenvalue weighted by molar-refractivity contribution is 5.86. The first-order valence-corrected chi connectivity index (χ1v) is 8.44. The Morgan fingerprint density at radius 2 is 0.643 bits per heavy atom. The van der Waals surface area contributed by atoms with Gasteiger partial charge in [0.15, 0.2) is 0 Å². The molecule has 0 N–H and O–H groups in total. The van der Waals surface area contributed by atoms with E-state index in [9.17, 15) is 0 Å². The van der Waals surface area contributed by atoms with Gasteiger partial charge < -0.3 is 0 Å². The van der Waals surface area contributed by atoms with Crippen LogP contribution >= 0.6 is 0 Å². The monoisotopic (exact) mass is 368 g/mol. The van der Waals surface area contributed by atoms with E-state index in [1.807, 2.05) is 48.5 Å². The summed E-state index contributed by atoms with van der Waals surface area (Å²) in [5, 5.41) is 0. The summed E-state index contributed by atoms with van der Waals surface area (Å²) < 4.78 is 61.9. The number of benzene rings is 4. The van der Waals surface area contributed by atoms with Gasteiger partial charge in [0, 0.05) is 0 Å². The van der Waals surface area contributed by atoms with Gasteiger partial charge in [-0.25, -0.2) is 19.9 Å². The van der Waals surface area contributed by atoms with E-state index < -0.39 is 48.3 Å². The smallest absolute Gasteiger partial charge is 0.0894 e.